The van der Waals surface area contributed by atoms with Gasteiger partial charge in [0.2, 0.25) is 0 Å². The number of fused-ring (bicyclic) bond motifs is 1. The second-order valence-corrected chi connectivity index (χ2v) is 10.3. The molecule has 2 aromatic carbocycles. The van der Waals surface area contributed by atoms with Crippen molar-refractivity contribution in [3.8, 4) is 11.5 Å². The Bertz CT molecular complexity index is 1340. The van der Waals surface area contributed by atoms with Gasteiger partial charge in [-0.1, -0.05) is 6.07 Å². The number of benzene rings is 2. The van der Waals surface area contributed by atoms with Gasteiger partial charge in [0, 0.05) is 43.0 Å². The van der Waals surface area contributed by atoms with E-state index >= 15 is 0 Å². The fourth-order valence-electron chi connectivity index (χ4n) is 5.16. The molecule has 5 rings (SSSR count). The van der Waals surface area contributed by atoms with Gasteiger partial charge in [-0.25, -0.2) is 4.79 Å². The first-order valence-electron chi connectivity index (χ1n) is 12.9. The van der Waals surface area contributed by atoms with Gasteiger partial charge in [0.25, 0.3) is 5.91 Å². The van der Waals surface area contributed by atoms with E-state index in [1.54, 1.807) is 23.1 Å². The van der Waals surface area contributed by atoms with Crippen LogP contribution >= 0.6 is 0 Å². The topological polar surface area (TPSA) is 115 Å². The molecule has 1 aromatic heterocycles. The summed E-state index contributed by atoms with van der Waals surface area (Å²) in [5.41, 5.74) is 2.94. The molecule has 2 aliphatic heterocycles. The van der Waals surface area contributed by atoms with Crippen molar-refractivity contribution in [1.82, 2.24) is 20.0 Å². The van der Waals surface area contributed by atoms with Gasteiger partial charge in [0.05, 0.1) is 32.0 Å². The first kappa shape index (κ1) is 26.4. The summed E-state index contributed by atoms with van der Waals surface area (Å²) < 4.78 is 10.8. The minimum Gasteiger partial charge on any atom is -0.494 e. The predicted octanol–water partition coefficient (Wildman–Crippen LogP) is 3.71. The van der Waals surface area contributed by atoms with Crippen LogP contribution in [0.2, 0.25) is 0 Å². The third-order valence-electron chi connectivity index (χ3n) is 7.60. The molecule has 1 saturated heterocycles. The zero-order chi connectivity index (χ0) is 27.7. The number of urea groups is 1. The van der Waals surface area contributed by atoms with Crippen molar-refractivity contribution in [1.29, 1.82) is 0 Å². The van der Waals surface area contributed by atoms with Gasteiger partial charge < -0.3 is 34.8 Å². The largest absolute Gasteiger partial charge is 0.494 e. The van der Waals surface area contributed by atoms with Gasteiger partial charge >= 0.3 is 6.03 Å². The number of likely N-dealkylation sites (N-methyl/N-ethyl adjacent to an activating group) is 1. The molecule has 0 spiro atoms. The van der Waals surface area contributed by atoms with Gasteiger partial charge in [-0.05, 0) is 57.3 Å². The maximum Gasteiger partial charge on any atom is 0.323 e. The fraction of sp³-hybridized carbons (Fsp3) is 0.393. The van der Waals surface area contributed by atoms with E-state index in [1.807, 2.05) is 38.1 Å². The van der Waals surface area contributed by atoms with Crippen LogP contribution < -0.4 is 25.0 Å². The minimum absolute atomic E-state index is 0.256. The Labute approximate surface area is 228 Å². The molecule has 0 radical (unpaired) electrons. The lowest BCUT2D eigenvalue weighted by molar-refractivity contribution is 0.102. The molecule has 1 fully saturated rings. The summed E-state index contributed by atoms with van der Waals surface area (Å²) >= 11 is 0. The average Bonchev–Trinajstić information content (AvgIpc) is 3.46. The number of nitrogens with one attached hydrogen (secondary N) is 3. The number of aromatic amines is 1. The number of hydrogen-bond donors (Lipinski definition) is 3. The van der Waals surface area contributed by atoms with Crippen LogP contribution in [0.4, 0.5) is 22.0 Å². The molecule has 11 heteroatoms. The Kier molecular flexibility index (Phi) is 7.09. The molecule has 0 bridgehead atoms. The normalized spacial score (nSPS) is 16.5. The van der Waals surface area contributed by atoms with Crippen LogP contribution in [0.25, 0.3) is 0 Å². The highest BCUT2D eigenvalue weighted by Gasteiger charge is 2.44. The monoisotopic (exact) mass is 533 g/mol. The Morgan fingerprint density at radius 3 is 2.21 bits per heavy atom. The molecule has 0 aliphatic carbocycles. The second kappa shape index (κ2) is 10.5. The number of piperazine rings is 1. The summed E-state index contributed by atoms with van der Waals surface area (Å²) in [6.45, 7) is 8.09. The molecule has 2 aliphatic rings. The lowest BCUT2D eigenvalue weighted by Gasteiger charge is -2.34. The highest BCUT2D eigenvalue weighted by Crippen LogP contribution is 2.42. The first-order valence-corrected chi connectivity index (χ1v) is 12.9. The molecule has 39 heavy (non-hydrogen) atoms. The number of carbonyl (C=O) groups excluding carboxylic acids is 2. The van der Waals surface area contributed by atoms with Gasteiger partial charge in [0.1, 0.15) is 17.2 Å². The van der Waals surface area contributed by atoms with Gasteiger partial charge in [-0.3, -0.25) is 9.89 Å². The van der Waals surface area contributed by atoms with E-state index in [0.29, 0.717) is 28.6 Å². The summed E-state index contributed by atoms with van der Waals surface area (Å²) in [5.74, 6) is 1.14. The second-order valence-electron chi connectivity index (χ2n) is 10.3. The number of nitrogens with zero attached hydrogens (tertiary/aromatic N) is 4. The van der Waals surface area contributed by atoms with E-state index in [4.69, 9.17) is 9.47 Å². The smallest absolute Gasteiger partial charge is 0.323 e. The van der Waals surface area contributed by atoms with Crippen molar-refractivity contribution in [3.63, 3.8) is 0 Å². The molecule has 11 nitrogen and oxygen atoms in total. The maximum atomic E-state index is 13.4. The number of hydrogen-bond acceptors (Lipinski definition) is 7. The van der Waals surface area contributed by atoms with E-state index in [1.165, 1.54) is 14.2 Å². The van der Waals surface area contributed by atoms with Crippen LogP contribution in [0, 0.1) is 0 Å². The Hall–Kier alpha value is -4.25. The highest BCUT2D eigenvalue weighted by molar-refractivity contribution is 6.04. The molecule has 3 N–H and O–H groups in total. The lowest BCUT2D eigenvalue weighted by atomic mass is 10.0. The first-order chi connectivity index (χ1) is 18.7. The molecular weight excluding hydrogens is 498 g/mol. The van der Waals surface area contributed by atoms with E-state index < -0.39 is 5.54 Å². The molecule has 3 aromatic rings. The quantitative estimate of drug-likeness (QED) is 0.442. The standard InChI is InChI=1S/C28H35N7O4/c1-28(2)24-20(17-35(28)27(37)29-23-21(38-4)7-6-8-22(23)39-5)25(32-31-24)30-26(36)18-9-11-19(12-10-18)34-15-13-33(3)14-16-34/h6-12H,13-17H2,1-5H3,(H,29,37)(H2,30,31,32,36). The van der Waals surface area contributed by atoms with Crippen molar-refractivity contribution in [3.05, 3.63) is 59.3 Å². The van der Waals surface area contributed by atoms with Crippen LogP contribution in [-0.2, 0) is 12.1 Å². The van der Waals surface area contributed by atoms with Gasteiger partial charge in [0.15, 0.2) is 5.82 Å². The Morgan fingerprint density at radius 2 is 1.59 bits per heavy atom. The molecule has 206 valence electrons. The van der Waals surface area contributed by atoms with Crippen molar-refractivity contribution in [2.45, 2.75) is 25.9 Å². The van der Waals surface area contributed by atoms with Crippen molar-refractivity contribution < 1.29 is 19.1 Å². The molecule has 0 atom stereocenters. The number of methoxy groups -OCH3 is 2. The van der Waals surface area contributed by atoms with Crippen LogP contribution in [0.15, 0.2) is 42.5 Å². The summed E-state index contributed by atoms with van der Waals surface area (Å²) in [7, 11) is 5.20. The number of carbonyl (C=O) groups is 2. The summed E-state index contributed by atoms with van der Waals surface area (Å²) in [4.78, 5) is 32.9. The molecule has 0 unspecified atom stereocenters. The van der Waals surface area contributed by atoms with Gasteiger partial charge in [-0.2, -0.15) is 5.10 Å². The van der Waals surface area contributed by atoms with E-state index in [-0.39, 0.29) is 18.5 Å². The molecule has 3 heterocycles. The number of ether oxygens (including phenoxy) is 2. The third-order valence-corrected chi connectivity index (χ3v) is 7.60. The summed E-state index contributed by atoms with van der Waals surface area (Å²) in [6, 6.07) is 12.6. The van der Waals surface area contributed by atoms with Crippen molar-refractivity contribution in [2.24, 2.45) is 0 Å². The number of para-hydroxylation sites is 1. The number of aromatic nitrogens is 2. The molecule has 3 amide bonds. The number of anilines is 3. The fourth-order valence-corrected chi connectivity index (χ4v) is 5.16. The van der Waals surface area contributed by atoms with Crippen LogP contribution in [0.1, 0.15) is 35.5 Å². The highest BCUT2D eigenvalue weighted by atomic mass is 16.5. The Balaban J connectivity index is 1.29. The zero-order valence-electron chi connectivity index (χ0n) is 23.0. The number of H-pyrrole nitrogens is 1. The van der Waals surface area contributed by atoms with Crippen LogP contribution in [0.3, 0.4) is 0 Å². The van der Waals surface area contributed by atoms with Gasteiger partial charge in [-0.15, -0.1) is 0 Å². The third kappa shape index (κ3) is 4.97. The number of amides is 3. The van der Waals surface area contributed by atoms with E-state index in [9.17, 15) is 9.59 Å². The van der Waals surface area contributed by atoms with Crippen LogP contribution in [0.5, 0.6) is 11.5 Å². The minimum atomic E-state index is -0.700. The predicted molar refractivity (Wildman–Crippen MR) is 150 cm³/mol. The number of rotatable bonds is 6. The van der Waals surface area contributed by atoms with Crippen LogP contribution in [-0.4, -0.2) is 79.4 Å². The van der Waals surface area contributed by atoms with Crippen molar-refractivity contribution >= 4 is 29.1 Å². The average molecular weight is 534 g/mol. The maximum absolute atomic E-state index is 13.4. The Morgan fingerprint density at radius 1 is 0.949 bits per heavy atom. The summed E-state index contributed by atoms with van der Waals surface area (Å²) in [5, 5.41) is 13.3. The van der Waals surface area contributed by atoms with Crippen molar-refractivity contribution in [2.75, 3.05) is 63.0 Å². The van der Waals surface area contributed by atoms with E-state index in [2.05, 4.69) is 37.7 Å². The van der Waals surface area contributed by atoms with E-state index in [0.717, 1.165) is 43.1 Å². The molecular formula is C28H35N7O4. The lowest BCUT2D eigenvalue weighted by Crippen LogP contribution is -2.44. The zero-order valence-corrected chi connectivity index (χ0v) is 23.0. The molecule has 0 saturated carbocycles. The SMILES string of the molecule is COc1cccc(OC)c1NC(=O)N1Cc2c(NC(=O)c3ccc(N4CCN(C)CC4)cc3)n[nH]c2C1(C)C. The summed E-state index contributed by atoms with van der Waals surface area (Å²) in [6.07, 6.45) is 0.